The van der Waals surface area contributed by atoms with Gasteiger partial charge in [-0.3, -0.25) is 9.89 Å². The Morgan fingerprint density at radius 1 is 1.24 bits per heavy atom. The van der Waals surface area contributed by atoms with Crippen LogP contribution in [0.3, 0.4) is 0 Å². The molecule has 17 heavy (non-hydrogen) atoms. The van der Waals surface area contributed by atoms with E-state index in [0.717, 1.165) is 5.69 Å². The Bertz CT molecular complexity index is 599. The standard InChI is InChI=1S/C12H12Cl2N2O/c1-7(2)10-6-12(17)16(15-10)11-4-3-8(13)5-9(11)14/h3-7,15H,1-2H3. The van der Waals surface area contributed by atoms with Gasteiger partial charge in [0.2, 0.25) is 0 Å². The summed E-state index contributed by atoms with van der Waals surface area (Å²) in [5.74, 6) is 0.259. The molecule has 2 aromatic rings. The van der Waals surface area contributed by atoms with Crippen molar-refractivity contribution in [2.24, 2.45) is 0 Å². The number of aromatic nitrogens is 2. The monoisotopic (exact) mass is 270 g/mol. The summed E-state index contributed by atoms with van der Waals surface area (Å²) >= 11 is 11.9. The predicted octanol–water partition coefficient (Wildman–Crippen LogP) is 3.60. The molecule has 2 rings (SSSR count). The normalized spacial score (nSPS) is 11.1. The number of halogens is 2. The third-order valence-electron chi connectivity index (χ3n) is 2.51. The number of rotatable bonds is 2. The van der Waals surface area contributed by atoms with Crippen molar-refractivity contribution in [3.05, 3.63) is 50.4 Å². The van der Waals surface area contributed by atoms with E-state index in [4.69, 9.17) is 23.2 Å². The van der Waals surface area contributed by atoms with Gasteiger partial charge in [0.05, 0.1) is 10.7 Å². The zero-order chi connectivity index (χ0) is 12.6. The van der Waals surface area contributed by atoms with Gasteiger partial charge in [-0.1, -0.05) is 37.0 Å². The molecule has 1 aromatic heterocycles. The average Bonchev–Trinajstić information content (AvgIpc) is 2.61. The smallest absolute Gasteiger partial charge is 0.271 e. The Hall–Kier alpha value is -1.19. The van der Waals surface area contributed by atoms with Gasteiger partial charge in [-0.05, 0) is 24.1 Å². The number of benzene rings is 1. The van der Waals surface area contributed by atoms with E-state index in [-0.39, 0.29) is 11.5 Å². The van der Waals surface area contributed by atoms with Crippen molar-refractivity contribution >= 4 is 23.2 Å². The fourth-order valence-electron chi connectivity index (χ4n) is 1.55. The Kier molecular flexibility index (Phi) is 3.31. The molecule has 90 valence electrons. The van der Waals surface area contributed by atoms with Crippen LogP contribution in [0.2, 0.25) is 10.0 Å². The second-order valence-corrected chi connectivity index (χ2v) is 4.98. The van der Waals surface area contributed by atoms with Crippen molar-refractivity contribution in [3.8, 4) is 5.69 Å². The summed E-state index contributed by atoms with van der Waals surface area (Å²) in [6.45, 7) is 4.03. The highest BCUT2D eigenvalue weighted by molar-refractivity contribution is 6.35. The molecule has 1 aromatic carbocycles. The van der Waals surface area contributed by atoms with Crippen molar-refractivity contribution in [1.82, 2.24) is 9.78 Å². The minimum absolute atomic E-state index is 0.127. The molecule has 5 heteroatoms. The second kappa shape index (κ2) is 4.59. The highest BCUT2D eigenvalue weighted by Gasteiger charge is 2.10. The van der Waals surface area contributed by atoms with Gasteiger partial charge in [0, 0.05) is 16.8 Å². The number of nitrogens with one attached hydrogen (secondary N) is 1. The van der Waals surface area contributed by atoms with E-state index >= 15 is 0 Å². The van der Waals surface area contributed by atoms with Gasteiger partial charge in [0.25, 0.3) is 5.56 Å². The molecule has 0 fully saturated rings. The molecule has 0 amide bonds. The van der Waals surface area contributed by atoms with Crippen molar-refractivity contribution in [1.29, 1.82) is 0 Å². The summed E-state index contributed by atoms with van der Waals surface area (Å²) in [4.78, 5) is 11.8. The van der Waals surface area contributed by atoms with Gasteiger partial charge in [-0.25, -0.2) is 4.68 Å². The minimum Gasteiger partial charge on any atom is -0.295 e. The van der Waals surface area contributed by atoms with Crippen LogP contribution in [0, 0.1) is 0 Å². The summed E-state index contributed by atoms with van der Waals surface area (Å²) in [6.07, 6.45) is 0. The topological polar surface area (TPSA) is 37.8 Å². The predicted molar refractivity (Wildman–Crippen MR) is 70.5 cm³/mol. The van der Waals surface area contributed by atoms with E-state index in [1.54, 1.807) is 24.3 Å². The summed E-state index contributed by atoms with van der Waals surface area (Å²) in [7, 11) is 0. The van der Waals surface area contributed by atoms with E-state index in [1.165, 1.54) is 4.68 Å². The zero-order valence-electron chi connectivity index (χ0n) is 9.50. The van der Waals surface area contributed by atoms with Crippen LogP contribution in [0.15, 0.2) is 29.1 Å². The fourth-order valence-corrected chi connectivity index (χ4v) is 2.04. The highest BCUT2D eigenvalue weighted by Crippen LogP contribution is 2.23. The van der Waals surface area contributed by atoms with E-state index < -0.39 is 0 Å². The third-order valence-corrected chi connectivity index (χ3v) is 3.05. The van der Waals surface area contributed by atoms with E-state index in [1.807, 2.05) is 13.8 Å². The third kappa shape index (κ3) is 2.40. The van der Waals surface area contributed by atoms with Gasteiger partial charge in [0.15, 0.2) is 0 Å². The maximum atomic E-state index is 11.8. The maximum Gasteiger partial charge on any atom is 0.271 e. The van der Waals surface area contributed by atoms with Crippen LogP contribution in [-0.2, 0) is 0 Å². The molecule has 0 atom stereocenters. The first-order valence-corrected chi connectivity index (χ1v) is 6.02. The lowest BCUT2D eigenvalue weighted by Crippen LogP contribution is -2.13. The Labute approximate surface area is 109 Å². The molecule has 0 aliphatic carbocycles. The van der Waals surface area contributed by atoms with Crippen molar-refractivity contribution in [2.45, 2.75) is 19.8 Å². The van der Waals surface area contributed by atoms with Gasteiger partial charge in [-0.2, -0.15) is 0 Å². The molecule has 0 radical (unpaired) electrons. The van der Waals surface area contributed by atoms with Crippen LogP contribution < -0.4 is 5.56 Å². The van der Waals surface area contributed by atoms with Gasteiger partial charge < -0.3 is 0 Å². The number of nitrogens with zero attached hydrogens (tertiary/aromatic N) is 1. The molecule has 3 nitrogen and oxygen atoms in total. The fraction of sp³-hybridized carbons (Fsp3) is 0.250. The molecule has 0 saturated heterocycles. The average molecular weight is 271 g/mol. The van der Waals surface area contributed by atoms with E-state index in [2.05, 4.69) is 5.10 Å². The quantitative estimate of drug-likeness (QED) is 0.890. The highest BCUT2D eigenvalue weighted by atomic mass is 35.5. The number of hydrogen-bond donors (Lipinski definition) is 1. The largest absolute Gasteiger partial charge is 0.295 e. The Balaban J connectivity index is 2.57. The van der Waals surface area contributed by atoms with Crippen molar-refractivity contribution < 1.29 is 0 Å². The zero-order valence-corrected chi connectivity index (χ0v) is 11.0. The summed E-state index contributed by atoms with van der Waals surface area (Å²) in [5, 5.41) is 4.02. The maximum absolute atomic E-state index is 11.8. The minimum atomic E-state index is -0.127. The molecule has 0 aliphatic heterocycles. The molecule has 1 N–H and O–H groups in total. The lowest BCUT2D eigenvalue weighted by molar-refractivity contribution is 0.760. The lowest BCUT2D eigenvalue weighted by atomic mass is 10.1. The van der Waals surface area contributed by atoms with Crippen LogP contribution in [0.25, 0.3) is 5.69 Å². The SMILES string of the molecule is CC(C)c1cc(=O)n(-c2ccc(Cl)cc2Cl)[nH]1. The van der Waals surface area contributed by atoms with Crippen LogP contribution in [-0.4, -0.2) is 9.78 Å². The van der Waals surface area contributed by atoms with Crippen LogP contribution in [0.5, 0.6) is 0 Å². The number of hydrogen-bond acceptors (Lipinski definition) is 1. The molecular formula is C12H12Cl2N2O. The summed E-state index contributed by atoms with van der Waals surface area (Å²) < 4.78 is 1.42. The second-order valence-electron chi connectivity index (χ2n) is 4.14. The molecule has 0 bridgehead atoms. The molecule has 0 saturated carbocycles. The first kappa shape index (κ1) is 12.3. The molecular weight excluding hydrogens is 259 g/mol. The van der Waals surface area contributed by atoms with Crippen LogP contribution in [0.1, 0.15) is 25.5 Å². The van der Waals surface area contributed by atoms with Crippen molar-refractivity contribution in [3.63, 3.8) is 0 Å². The van der Waals surface area contributed by atoms with Crippen LogP contribution >= 0.6 is 23.2 Å². The Morgan fingerprint density at radius 2 is 1.94 bits per heavy atom. The van der Waals surface area contributed by atoms with Gasteiger partial charge in [0.1, 0.15) is 0 Å². The first-order chi connectivity index (χ1) is 7.99. The van der Waals surface area contributed by atoms with Crippen LogP contribution in [0.4, 0.5) is 0 Å². The molecule has 1 heterocycles. The molecule has 0 spiro atoms. The molecule has 0 aliphatic rings. The number of H-pyrrole nitrogens is 1. The summed E-state index contributed by atoms with van der Waals surface area (Å²) in [5.41, 5.74) is 1.35. The van der Waals surface area contributed by atoms with E-state index in [9.17, 15) is 4.79 Å². The van der Waals surface area contributed by atoms with E-state index in [0.29, 0.717) is 15.7 Å². The Morgan fingerprint density at radius 3 is 2.47 bits per heavy atom. The first-order valence-electron chi connectivity index (χ1n) is 5.26. The molecule has 0 unspecified atom stereocenters. The number of aromatic amines is 1. The lowest BCUT2D eigenvalue weighted by Gasteiger charge is -2.06. The van der Waals surface area contributed by atoms with Gasteiger partial charge in [-0.15, -0.1) is 0 Å². The van der Waals surface area contributed by atoms with Gasteiger partial charge >= 0.3 is 0 Å². The van der Waals surface area contributed by atoms with Crippen molar-refractivity contribution in [2.75, 3.05) is 0 Å². The summed E-state index contributed by atoms with van der Waals surface area (Å²) in [6, 6.07) is 6.61.